The van der Waals surface area contributed by atoms with Gasteiger partial charge in [-0.05, 0) is 36.5 Å². The van der Waals surface area contributed by atoms with Crippen molar-refractivity contribution < 1.29 is 4.39 Å². The average Bonchev–Trinajstić information content (AvgIpc) is 3.25. The molecule has 4 rings (SSSR count). The minimum Gasteiger partial charge on any atom is -0.274 e. The molecule has 0 bridgehead atoms. The second-order valence-electron chi connectivity index (χ2n) is 5.32. The molecule has 0 unspecified atom stereocenters. The van der Waals surface area contributed by atoms with Gasteiger partial charge >= 0.3 is 0 Å². The van der Waals surface area contributed by atoms with E-state index in [1.165, 1.54) is 12.1 Å². The van der Waals surface area contributed by atoms with Crippen LogP contribution in [0.2, 0.25) is 5.02 Å². The first-order valence-electron chi connectivity index (χ1n) is 7.37. The van der Waals surface area contributed by atoms with Crippen molar-refractivity contribution in [3.05, 3.63) is 70.2 Å². The summed E-state index contributed by atoms with van der Waals surface area (Å²) in [5.74, 6) is 0.0391. The summed E-state index contributed by atoms with van der Waals surface area (Å²) in [6.07, 6.45) is 0. The highest BCUT2D eigenvalue weighted by Gasteiger charge is 2.15. The van der Waals surface area contributed by atoms with Crippen molar-refractivity contribution in [2.24, 2.45) is 0 Å². The smallest absolute Gasteiger partial charge is 0.200 e. The van der Waals surface area contributed by atoms with Gasteiger partial charge in [-0.25, -0.2) is 4.39 Å². The molecule has 0 spiro atoms. The van der Waals surface area contributed by atoms with Gasteiger partial charge in [-0.15, -0.1) is 0 Å². The molecule has 4 aromatic rings. The molecular weight excluding hydrogens is 361 g/mol. The second kappa shape index (κ2) is 6.27. The van der Waals surface area contributed by atoms with Crippen LogP contribution in [0, 0.1) is 10.6 Å². The number of rotatable bonds is 3. The summed E-state index contributed by atoms with van der Waals surface area (Å²) in [6, 6.07) is 16.0. The Morgan fingerprint density at radius 3 is 2.56 bits per heavy atom. The Kier molecular flexibility index (Phi) is 3.95. The molecule has 0 radical (unpaired) electrons. The van der Waals surface area contributed by atoms with Crippen LogP contribution < -0.4 is 0 Å². The summed E-state index contributed by atoms with van der Waals surface area (Å²) in [4.78, 5) is 0. The predicted octanol–water partition coefficient (Wildman–Crippen LogP) is 4.78. The van der Waals surface area contributed by atoms with Crippen molar-refractivity contribution in [1.29, 1.82) is 0 Å². The van der Waals surface area contributed by atoms with Crippen LogP contribution in [0.4, 0.5) is 4.39 Å². The fraction of sp³-hybridized carbons (Fsp3) is 0. The van der Waals surface area contributed by atoms with Gasteiger partial charge in [0.2, 0.25) is 0 Å². The molecule has 124 valence electrons. The highest BCUT2D eigenvalue weighted by molar-refractivity contribution is 7.71. The van der Waals surface area contributed by atoms with E-state index in [-0.39, 0.29) is 5.02 Å². The summed E-state index contributed by atoms with van der Waals surface area (Å²) in [6.45, 7) is 0. The number of aromatic amines is 2. The van der Waals surface area contributed by atoms with E-state index in [0.29, 0.717) is 22.0 Å². The first-order chi connectivity index (χ1) is 12.1. The molecule has 2 N–H and O–H groups in total. The quantitative estimate of drug-likeness (QED) is 0.509. The minimum atomic E-state index is -0.491. The molecule has 0 atom stereocenters. The molecule has 0 aliphatic carbocycles. The maximum Gasteiger partial charge on any atom is 0.200 e. The van der Waals surface area contributed by atoms with Crippen molar-refractivity contribution in [2.75, 3.05) is 0 Å². The lowest BCUT2D eigenvalue weighted by molar-refractivity contribution is 0.628. The standard InChI is InChI=1S/C17H11ClFN5S/c18-12-8-11(6-7-13(12)19)24-16(22-23-17(24)25)15-9-14(20-21-15)10-4-2-1-3-5-10/h1-9H,(H,20,21)(H,23,25). The molecule has 0 saturated carbocycles. The Labute approximate surface area is 152 Å². The summed E-state index contributed by atoms with van der Waals surface area (Å²) in [5, 5.41) is 14.3. The molecular formula is C17H11ClFN5S. The number of aromatic nitrogens is 5. The van der Waals surface area contributed by atoms with Gasteiger partial charge in [0.25, 0.3) is 0 Å². The van der Waals surface area contributed by atoms with Crippen molar-refractivity contribution in [2.45, 2.75) is 0 Å². The van der Waals surface area contributed by atoms with Gasteiger partial charge in [0.15, 0.2) is 10.6 Å². The van der Waals surface area contributed by atoms with Gasteiger partial charge in [-0.2, -0.15) is 10.2 Å². The molecule has 0 saturated heterocycles. The van der Waals surface area contributed by atoms with Crippen LogP contribution in [-0.2, 0) is 0 Å². The van der Waals surface area contributed by atoms with E-state index in [9.17, 15) is 4.39 Å². The van der Waals surface area contributed by atoms with Gasteiger partial charge in [-0.3, -0.25) is 14.8 Å². The number of hydrogen-bond donors (Lipinski definition) is 2. The fourth-order valence-electron chi connectivity index (χ4n) is 2.53. The van der Waals surface area contributed by atoms with Crippen LogP contribution in [0.5, 0.6) is 0 Å². The number of benzene rings is 2. The summed E-state index contributed by atoms with van der Waals surface area (Å²) in [5.41, 5.74) is 3.05. The van der Waals surface area contributed by atoms with E-state index in [4.69, 9.17) is 23.8 Å². The molecule has 2 aromatic heterocycles. The molecule has 2 heterocycles. The fourth-order valence-corrected chi connectivity index (χ4v) is 2.95. The molecule has 2 aromatic carbocycles. The number of hydrogen-bond acceptors (Lipinski definition) is 3. The lowest BCUT2D eigenvalue weighted by Gasteiger charge is -2.06. The summed E-state index contributed by atoms with van der Waals surface area (Å²) >= 11 is 11.2. The Balaban J connectivity index is 1.82. The van der Waals surface area contributed by atoms with E-state index in [1.807, 2.05) is 36.4 Å². The van der Waals surface area contributed by atoms with Gasteiger partial charge in [0.05, 0.1) is 16.4 Å². The monoisotopic (exact) mass is 371 g/mol. The van der Waals surface area contributed by atoms with E-state index in [2.05, 4.69) is 20.4 Å². The number of nitrogens with one attached hydrogen (secondary N) is 2. The topological polar surface area (TPSA) is 62.3 Å². The maximum absolute atomic E-state index is 13.4. The molecule has 25 heavy (non-hydrogen) atoms. The Morgan fingerprint density at radius 1 is 1.00 bits per heavy atom. The van der Waals surface area contributed by atoms with Crippen LogP contribution >= 0.6 is 23.8 Å². The minimum absolute atomic E-state index is 0.0149. The third-order valence-corrected chi connectivity index (χ3v) is 4.29. The van der Waals surface area contributed by atoms with E-state index >= 15 is 0 Å². The third-order valence-electron chi connectivity index (χ3n) is 3.72. The van der Waals surface area contributed by atoms with Gasteiger partial charge in [0, 0.05) is 5.56 Å². The largest absolute Gasteiger partial charge is 0.274 e. The highest BCUT2D eigenvalue weighted by atomic mass is 35.5. The molecule has 0 aliphatic heterocycles. The first kappa shape index (κ1) is 15.7. The van der Waals surface area contributed by atoms with Crippen LogP contribution in [0.1, 0.15) is 0 Å². The highest BCUT2D eigenvalue weighted by Crippen LogP contribution is 2.26. The third kappa shape index (κ3) is 2.88. The van der Waals surface area contributed by atoms with Gasteiger partial charge < -0.3 is 0 Å². The van der Waals surface area contributed by atoms with Crippen molar-refractivity contribution >= 4 is 23.8 Å². The summed E-state index contributed by atoms with van der Waals surface area (Å²) in [7, 11) is 0. The predicted molar refractivity (Wildman–Crippen MR) is 96.7 cm³/mol. The number of halogens is 2. The van der Waals surface area contributed by atoms with Crippen molar-refractivity contribution in [3.8, 4) is 28.5 Å². The second-order valence-corrected chi connectivity index (χ2v) is 6.11. The summed E-state index contributed by atoms with van der Waals surface area (Å²) < 4.78 is 15.5. The zero-order chi connectivity index (χ0) is 17.4. The number of H-pyrrole nitrogens is 2. The molecule has 0 amide bonds. The molecule has 0 fully saturated rings. The van der Waals surface area contributed by atoms with Crippen LogP contribution in [0.15, 0.2) is 54.6 Å². The number of nitrogens with zero attached hydrogens (tertiary/aromatic N) is 3. The molecule has 5 nitrogen and oxygen atoms in total. The molecule has 8 heteroatoms. The Morgan fingerprint density at radius 2 is 1.80 bits per heavy atom. The van der Waals surface area contributed by atoms with Crippen molar-refractivity contribution in [3.63, 3.8) is 0 Å². The SMILES string of the molecule is Fc1ccc(-n2c(-c3cc(-c4ccccc4)n[nH]3)n[nH]c2=S)cc1Cl. The molecule has 0 aliphatic rings. The zero-order valence-electron chi connectivity index (χ0n) is 12.7. The first-order valence-corrected chi connectivity index (χ1v) is 8.16. The van der Waals surface area contributed by atoms with E-state index < -0.39 is 5.82 Å². The van der Waals surface area contributed by atoms with Crippen molar-refractivity contribution in [1.82, 2.24) is 25.0 Å². The zero-order valence-corrected chi connectivity index (χ0v) is 14.3. The van der Waals surface area contributed by atoms with Crippen LogP contribution in [-0.4, -0.2) is 25.0 Å². The van der Waals surface area contributed by atoms with E-state index in [1.54, 1.807) is 10.6 Å². The van der Waals surface area contributed by atoms with E-state index in [0.717, 1.165) is 11.3 Å². The maximum atomic E-state index is 13.4. The van der Waals surface area contributed by atoms with Crippen LogP contribution in [0.25, 0.3) is 28.5 Å². The normalized spacial score (nSPS) is 11.0. The lowest BCUT2D eigenvalue weighted by Crippen LogP contribution is -1.98. The van der Waals surface area contributed by atoms with Gasteiger partial charge in [0.1, 0.15) is 11.5 Å². The lowest BCUT2D eigenvalue weighted by atomic mass is 10.1. The van der Waals surface area contributed by atoms with Crippen LogP contribution in [0.3, 0.4) is 0 Å². The Hall–Kier alpha value is -2.77. The van der Waals surface area contributed by atoms with Gasteiger partial charge in [-0.1, -0.05) is 41.9 Å². The Bertz CT molecular complexity index is 1100. The average molecular weight is 372 g/mol.